The summed E-state index contributed by atoms with van der Waals surface area (Å²) < 4.78 is 25.8. The van der Waals surface area contributed by atoms with Crippen molar-refractivity contribution in [2.24, 2.45) is 0 Å². The van der Waals surface area contributed by atoms with Crippen LogP contribution in [-0.2, 0) is 9.47 Å². The molecule has 106 valence electrons. The van der Waals surface area contributed by atoms with Gasteiger partial charge in [-0.3, -0.25) is 4.79 Å². The number of hydrogen-bond acceptors (Lipinski definition) is 6. The van der Waals surface area contributed by atoms with Crippen LogP contribution in [-0.4, -0.2) is 47.6 Å². The van der Waals surface area contributed by atoms with Gasteiger partial charge in [-0.15, -0.1) is 0 Å². The Morgan fingerprint density at radius 2 is 1.79 bits per heavy atom. The molecular formula is C13H18O6. The molecule has 0 aliphatic carbocycles. The molecule has 6 heteroatoms. The first-order valence-electron chi connectivity index (χ1n) is 5.67. The lowest BCUT2D eigenvalue weighted by Crippen LogP contribution is -2.08. The van der Waals surface area contributed by atoms with Crippen LogP contribution in [0.2, 0.25) is 0 Å². The number of aldehydes is 1. The molecule has 0 radical (unpaired) electrons. The molecule has 0 bridgehead atoms. The largest absolute Gasteiger partial charge is 0.493 e. The highest BCUT2D eigenvalue weighted by atomic mass is 16.7. The topological polar surface area (TPSA) is 63.2 Å². The average Bonchev–Trinajstić information content (AvgIpc) is 2.45. The first-order chi connectivity index (χ1) is 9.26. The van der Waals surface area contributed by atoms with Gasteiger partial charge in [0, 0.05) is 12.7 Å². The molecule has 1 aromatic carbocycles. The summed E-state index contributed by atoms with van der Waals surface area (Å²) in [5.74, 6) is 1.24. The van der Waals surface area contributed by atoms with Gasteiger partial charge in [0.05, 0.1) is 27.4 Å². The standard InChI is InChI=1S/C13H18O6/c1-15-4-5-18-9-19-12-7-10(8-14)6-11(16-2)13(12)17-3/h6-8H,4-5,9H2,1-3H3. The van der Waals surface area contributed by atoms with E-state index in [0.717, 1.165) is 0 Å². The molecule has 0 aromatic heterocycles. The molecule has 0 saturated carbocycles. The summed E-state index contributed by atoms with van der Waals surface area (Å²) >= 11 is 0. The number of carbonyl (C=O) groups excluding carboxylic acids is 1. The van der Waals surface area contributed by atoms with Gasteiger partial charge in [-0.05, 0) is 12.1 Å². The van der Waals surface area contributed by atoms with Crippen LogP contribution in [0, 0.1) is 0 Å². The van der Waals surface area contributed by atoms with E-state index in [9.17, 15) is 4.79 Å². The van der Waals surface area contributed by atoms with E-state index in [4.69, 9.17) is 23.7 Å². The highest BCUT2D eigenvalue weighted by Crippen LogP contribution is 2.38. The highest BCUT2D eigenvalue weighted by molar-refractivity contribution is 5.78. The lowest BCUT2D eigenvalue weighted by atomic mass is 10.2. The molecule has 0 amide bonds. The molecule has 0 saturated heterocycles. The summed E-state index contributed by atoms with van der Waals surface area (Å²) in [5, 5.41) is 0. The fraction of sp³-hybridized carbons (Fsp3) is 0.462. The predicted molar refractivity (Wildman–Crippen MR) is 68.3 cm³/mol. The van der Waals surface area contributed by atoms with Crippen molar-refractivity contribution in [1.82, 2.24) is 0 Å². The molecule has 1 aromatic rings. The minimum atomic E-state index is 0.0329. The molecule has 1 rings (SSSR count). The maximum absolute atomic E-state index is 10.8. The fourth-order valence-corrected chi connectivity index (χ4v) is 1.43. The summed E-state index contributed by atoms with van der Waals surface area (Å²) in [4.78, 5) is 10.8. The van der Waals surface area contributed by atoms with Crippen molar-refractivity contribution in [1.29, 1.82) is 0 Å². The van der Waals surface area contributed by atoms with Gasteiger partial charge in [0.15, 0.2) is 18.3 Å². The van der Waals surface area contributed by atoms with Crippen LogP contribution >= 0.6 is 0 Å². The SMILES string of the molecule is COCCOCOc1cc(C=O)cc(OC)c1OC. The van der Waals surface area contributed by atoms with E-state index in [1.54, 1.807) is 19.2 Å². The smallest absolute Gasteiger partial charge is 0.203 e. The summed E-state index contributed by atoms with van der Waals surface area (Å²) in [6.45, 7) is 0.937. The van der Waals surface area contributed by atoms with Crippen LogP contribution in [0.3, 0.4) is 0 Å². The van der Waals surface area contributed by atoms with E-state index in [2.05, 4.69) is 0 Å². The molecule has 0 N–H and O–H groups in total. The fourth-order valence-electron chi connectivity index (χ4n) is 1.43. The Labute approximate surface area is 112 Å². The summed E-state index contributed by atoms with van der Waals surface area (Å²) in [7, 11) is 4.58. The van der Waals surface area contributed by atoms with E-state index in [1.807, 2.05) is 0 Å². The first-order valence-corrected chi connectivity index (χ1v) is 5.67. The molecular weight excluding hydrogens is 252 g/mol. The van der Waals surface area contributed by atoms with Crippen molar-refractivity contribution in [3.05, 3.63) is 17.7 Å². The first kappa shape index (κ1) is 15.3. The van der Waals surface area contributed by atoms with Gasteiger partial charge in [0.1, 0.15) is 6.29 Å². The quantitative estimate of drug-likeness (QED) is 0.385. The van der Waals surface area contributed by atoms with Crippen LogP contribution in [0.5, 0.6) is 17.2 Å². The normalized spacial score (nSPS) is 10.1. The van der Waals surface area contributed by atoms with E-state index < -0.39 is 0 Å². The van der Waals surface area contributed by atoms with Crippen LogP contribution in [0.15, 0.2) is 12.1 Å². The number of methoxy groups -OCH3 is 3. The van der Waals surface area contributed by atoms with E-state index in [-0.39, 0.29) is 6.79 Å². The van der Waals surface area contributed by atoms with Gasteiger partial charge in [-0.25, -0.2) is 0 Å². The Kier molecular flexibility index (Phi) is 6.70. The number of benzene rings is 1. The van der Waals surface area contributed by atoms with Crippen LogP contribution < -0.4 is 14.2 Å². The summed E-state index contributed by atoms with van der Waals surface area (Å²) in [5.41, 5.74) is 0.435. The third kappa shape index (κ3) is 4.42. The molecule has 19 heavy (non-hydrogen) atoms. The molecule has 0 aliphatic heterocycles. The van der Waals surface area contributed by atoms with Crippen LogP contribution in [0.1, 0.15) is 10.4 Å². The average molecular weight is 270 g/mol. The molecule has 0 aliphatic rings. The van der Waals surface area contributed by atoms with Gasteiger partial charge >= 0.3 is 0 Å². The van der Waals surface area contributed by atoms with Gasteiger partial charge < -0.3 is 23.7 Å². The molecule has 0 fully saturated rings. The van der Waals surface area contributed by atoms with Gasteiger partial charge in [0.2, 0.25) is 5.75 Å². The van der Waals surface area contributed by atoms with Crippen molar-refractivity contribution in [3.8, 4) is 17.2 Å². The second-order valence-corrected chi connectivity index (χ2v) is 3.54. The maximum atomic E-state index is 10.8. The third-order valence-corrected chi connectivity index (χ3v) is 2.33. The van der Waals surface area contributed by atoms with Gasteiger partial charge in [-0.2, -0.15) is 0 Å². The monoisotopic (exact) mass is 270 g/mol. The van der Waals surface area contributed by atoms with Crippen LogP contribution in [0.4, 0.5) is 0 Å². The molecule has 0 unspecified atom stereocenters. The number of carbonyl (C=O) groups is 1. The Morgan fingerprint density at radius 1 is 1.05 bits per heavy atom. The van der Waals surface area contributed by atoms with E-state index in [0.29, 0.717) is 42.3 Å². The molecule has 0 spiro atoms. The van der Waals surface area contributed by atoms with Gasteiger partial charge in [-0.1, -0.05) is 0 Å². The predicted octanol–water partition coefficient (Wildman–Crippen LogP) is 1.52. The molecule has 6 nitrogen and oxygen atoms in total. The van der Waals surface area contributed by atoms with Gasteiger partial charge in [0.25, 0.3) is 0 Å². The zero-order valence-electron chi connectivity index (χ0n) is 11.3. The number of hydrogen-bond donors (Lipinski definition) is 0. The zero-order chi connectivity index (χ0) is 14.1. The minimum absolute atomic E-state index is 0.0329. The third-order valence-electron chi connectivity index (χ3n) is 2.33. The van der Waals surface area contributed by atoms with Crippen molar-refractivity contribution < 1.29 is 28.5 Å². The summed E-state index contributed by atoms with van der Waals surface area (Å²) in [6.07, 6.45) is 0.709. The lowest BCUT2D eigenvalue weighted by Gasteiger charge is -2.14. The van der Waals surface area contributed by atoms with Crippen molar-refractivity contribution in [2.75, 3.05) is 41.3 Å². The van der Waals surface area contributed by atoms with Crippen molar-refractivity contribution in [2.45, 2.75) is 0 Å². The van der Waals surface area contributed by atoms with E-state index >= 15 is 0 Å². The highest BCUT2D eigenvalue weighted by Gasteiger charge is 2.13. The second kappa shape index (κ2) is 8.34. The second-order valence-electron chi connectivity index (χ2n) is 3.54. The van der Waals surface area contributed by atoms with E-state index in [1.165, 1.54) is 14.2 Å². The van der Waals surface area contributed by atoms with Crippen molar-refractivity contribution >= 4 is 6.29 Å². The Bertz CT molecular complexity index is 404. The Morgan fingerprint density at radius 3 is 2.37 bits per heavy atom. The summed E-state index contributed by atoms with van der Waals surface area (Å²) in [6, 6.07) is 3.14. The minimum Gasteiger partial charge on any atom is -0.493 e. The molecule has 0 atom stereocenters. The van der Waals surface area contributed by atoms with Crippen molar-refractivity contribution in [3.63, 3.8) is 0 Å². The molecule has 0 heterocycles. The van der Waals surface area contributed by atoms with Crippen LogP contribution in [0.25, 0.3) is 0 Å². The number of rotatable bonds is 9. The zero-order valence-corrected chi connectivity index (χ0v) is 11.3. The maximum Gasteiger partial charge on any atom is 0.203 e. The Balaban J connectivity index is 2.76. The Hall–Kier alpha value is -1.79. The lowest BCUT2D eigenvalue weighted by molar-refractivity contribution is -0.00958. The number of ether oxygens (including phenoxy) is 5.